The number of ether oxygens (including phenoxy) is 1. The lowest BCUT2D eigenvalue weighted by atomic mass is 9.95. The molecule has 0 saturated carbocycles. The molecule has 9 nitrogen and oxygen atoms in total. The van der Waals surface area contributed by atoms with E-state index in [4.69, 9.17) is 4.74 Å². The van der Waals surface area contributed by atoms with E-state index in [0.29, 0.717) is 19.0 Å². The summed E-state index contributed by atoms with van der Waals surface area (Å²) in [5, 5.41) is 10.1. The van der Waals surface area contributed by atoms with Gasteiger partial charge >= 0.3 is 0 Å². The number of benzene rings is 1. The topological polar surface area (TPSA) is 106 Å². The molecule has 0 fully saturated rings. The van der Waals surface area contributed by atoms with E-state index < -0.39 is 5.54 Å². The Morgan fingerprint density at radius 1 is 1.15 bits per heavy atom. The standard InChI is InChI=1S/C25H35N5O4/c1-16(2)11-12-26-24(33)25(5)15-30-21(23(32)29(25)6)13-20(28-30)22(31)27-14-18-7-9-19(10-8-18)34-17(3)4/h7-10,13,16-17H,11-12,14-15H2,1-6H3,(H,26,33)(H,27,31). The first-order valence-corrected chi connectivity index (χ1v) is 11.7. The van der Waals surface area contributed by atoms with Gasteiger partial charge in [-0.3, -0.25) is 19.1 Å². The average molecular weight is 470 g/mol. The number of likely N-dealkylation sites (N-methyl/N-ethyl adjacent to an activating group) is 1. The van der Waals surface area contributed by atoms with Gasteiger partial charge in [0, 0.05) is 26.2 Å². The summed E-state index contributed by atoms with van der Waals surface area (Å²) in [5.74, 6) is 0.263. The van der Waals surface area contributed by atoms with E-state index in [1.54, 1.807) is 14.0 Å². The third-order valence-corrected chi connectivity index (χ3v) is 5.98. The van der Waals surface area contributed by atoms with Crippen LogP contribution >= 0.6 is 0 Å². The Morgan fingerprint density at radius 3 is 2.44 bits per heavy atom. The monoisotopic (exact) mass is 469 g/mol. The predicted molar refractivity (Wildman–Crippen MR) is 129 cm³/mol. The maximum Gasteiger partial charge on any atom is 0.272 e. The second-order valence-corrected chi connectivity index (χ2v) is 9.64. The highest BCUT2D eigenvalue weighted by Crippen LogP contribution is 2.26. The maximum absolute atomic E-state index is 13.0. The van der Waals surface area contributed by atoms with Gasteiger partial charge in [0.15, 0.2) is 5.69 Å². The smallest absolute Gasteiger partial charge is 0.272 e. The Bertz CT molecular complexity index is 1040. The fraction of sp³-hybridized carbons (Fsp3) is 0.520. The lowest BCUT2D eigenvalue weighted by Gasteiger charge is -2.40. The fourth-order valence-electron chi connectivity index (χ4n) is 3.73. The molecule has 0 saturated heterocycles. The van der Waals surface area contributed by atoms with Gasteiger partial charge in [-0.2, -0.15) is 5.10 Å². The van der Waals surface area contributed by atoms with Gasteiger partial charge in [0.2, 0.25) is 5.91 Å². The lowest BCUT2D eigenvalue weighted by Crippen LogP contribution is -2.62. The highest BCUT2D eigenvalue weighted by molar-refractivity contribution is 6.01. The number of nitrogens with one attached hydrogen (secondary N) is 2. The second kappa shape index (κ2) is 10.3. The van der Waals surface area contributed by atoms with Crippen molar-refractivity contribution in [3.63, 3.8) is 0 Å². The molecule has 3 amide bonds. The Balaban J connectivity index is 1.67. The zero-order valence-corrected chi connectivity index (χ0v) is 20.8. The van der Waals surface area contributed by atoms with Gasteiger partial charge in [-0.25, -0.2) is 0 Å². The molecule has 2 aromatic rings. The summed E-state index contributed by atoms with van der Waals surface area (Å²) in [6, 6.07) is 8.97. The van der Waals surface area contributed by atoms with Crippen LogP contribution < -0.4 is 15.4 Å². The van der Waals surface area contributed by atoms with Crippen LogP contribution in [0.25, 0.3) is 0 Å². The summed E-state index contributed by atoms with van der Waals surface area (Å²) < 4.78 is 7.09. The molecule has 1 unspecified atom stereocenters. The normalized spacial score (nSPS) is 17.6. The number of rotatable bonds is 9. The molecule has 0 radical (unpaired) electrons. The molecule has 2 heterocycles. The molecular weight excluding hydrogens is 434 g/mol. The van der Waals surface area contributed by atoms with Crippen LogP contribution in [0.4, 0.5) is 0 Å². The molecule has 184 valence electrons. The van der Waals surface area contributed by atoms with Crippen LogP contribution in [0.3, 0.4) is 0 Å². The van der Waals surface area contributed by atoms with Crippen LogP contribution in [0, 0.1) is 5.92 Å². The average Bonchev–Trinajstić information content (AvgIpc) is 3.20. The van der Waals surface area contributed by atoms with Gasteiger partial charge in [-0.1, -0.05) is 26.0 Å². The van der Waals surface area contributed by atoms with Crippen LogP contribution in [-0.2, 0) is 17.9 Å². The first-order chi connectivity index (χ1) is 16.0. The third kappa shape index (κ3) is 5.58. The highest BCUT2D eigenvalue weighted by Gasteiger charge is 2.46. The third-order valence-electron chi connectivity index (χ3n) is 5.98. The number of amides is 3. The number of aromatic nitrogens is 2. The quantitative estimate of drug-likeness (QED) is 0.587. The minimum atomic E-state index is -1.10. The van der Waals surface area contributed by atoms with Crippen molar-refractivity contribution in [2.24, 2.45) is 5.92 Å². The Hall–Kier alpha value is -3.36. The number of hydrogen-bond acceptors (Lipinski definition) is 5. The summed E-state index contributed by atoms with van der Waals surface area (Å²) in [4.78, 5) is 40.0. The van der Waals surface area contributed by atoms with Crippen molar-refractivity contribution in [2.45, 2.75) is 65.8 Å². The van der Waals surface area contributed by atoms with Crippen LogP contribution in [-0.4, -0.2) is 57.6 Å². The summed E-state index contributed by atoms with van der Waals surface area (Å²) >= 11 is 0. The number of carbonyl (C=O) groups is 3. The predicted octanol–water partition coefficient (Wildman–Crippen LogP) is 2.61. The molecule has 3 rings (SSSR count). The van der Waals surface area contributed by atoms with Crippen molar-refractivity contribution in [1.29, 1.82) is 0 Å². The molecule has 0 bridgehead atoms. The molecule has 0 spiro atoms. The van der Waals surface area contributed by atoms with Crippen molar-refractivity contribution in [3.8, 4) is 5.75 Å². The van der Waals surface area contributed by atoms with Crippen LogP contribution in [0.15, 0.2) is 30.3 Å². The van der Waals surface area contributed by atoms with Crippen LogP contribution in [0.1, 0.15) is 67.6 Å². The number of carbonyl (C=O) groups excluding carboxylic acids is 3. The maximum atomic E-state index is 13.0. The molecule has 0 aliphatic carbocycles. The van der Waals surface area contributed by atoms with Crippen LogP contribution in [0.2, 0.25) is 0 Å². The molecular formula is C25H35N5O4. The summed E-state index contributed by atoms with van der Waals surface area (Å²) in [7, 11) is 1.60. The number of nitrogens with zero attached hydrogens (tertiary/aromatic N) is 3. The number of hydrogen-bond donors (Lipinski definition) is 2. The number of fused-ring (bicyclic) bond motifs is 1. The van der Waals surface area contributed by atoms with Gasteiger partial charge in [0.05, 0.1) is 12.6 Å². The first-order valence-electron chi connectivity index (χ1n) is 11.7. The summed E-state index contributed by atoms with van der Waals surface area (Å²) in [5.41, 5.74) is 0.242. The fourth-order valence-corrected chi connectivity index (χ4v) is 3.73. The van der Waals surface area contributed by atoms with Crippen molar-refractivity contribution < 1.29 is 19.1 Å². The van der Waals surface area contributed by atoms with Gasteiger partial charge in [-0.05, 0) is 50.8 Å². The minimum absolute atomic E-state index is 0.0900. The van der Waals surface area contributed by atoms with E-state index in [9.17, 15) is 14.4 Å². The zero-order chi connectivity index (χ0) is 25.0. The van der Waals surface area contributed by atoms with Crippen molar-refractivity contribution in [3.05, 3.63) is 47.3 Å². The Morgan fingerprint density at radius 2 is 1.82 bits per heavy atom. The molecule has 1 aromatic heterocycles. The molecule has 2 N–H and O–H groups in total. The van der Waals surface area contributed by atoms with Crippen molar-refractivity contribution in [1.82, 2.24) is 25.3 Å². The van der Waals surface area contributed by atoms with Crippen LogP contribution in [0.5, 0.6) is 5.75 Å². The molecule has 1 aliphatic rings. The summed E-state index contributed by atoms with van der Waals surface area (Å²) in [6.45, 7) is 10.8. The van der Waals surface area contributed by atoms with Gasteiger partial charge in [0.25, 0.3) is 11.8 Å². The Labute approximate surface area is 200 Å². The Kier molecular flexibility index (Phi) is 7.64. The van der Waals surface area contributed by atoms with E-state index >= 15 is 0 Å². The van der Waals surface area contributed by atoms with E-state index in [-0.39, 0.29) is 41.8 Å². The first kappa shape index (κ1) is 25.3. The van der Waals surface area contributed by atoms with E-state index in [1.165, 1.54) is 15.6 Å². The molecule has 34 heavy (non-hydrogen) atoms. The van der Waals surface area contributed by atoms with E-state index in [1.807, 2.05) is 38.1 Å². The lowest BCUT2D eigenvalue weighted by molar-refractivity contribution is -0.132. The largest absolute Gasteiger partial charge is 0.491 e. The molecule has 1 aromatic carbocycles. The van der Waals surface area contributed by atoms with Crippen molar-refractivity contribution >= 4 is 17.7 Å². The van der Waals surface area contributed by atoms with Gasteiger partial charge in [-0.15, -0.1) is 0 Å². The molecule has 1 atom stereocenters. The van der Waals surface area contributed by atoms with Gasteiger partial charge in [0.1, 0.15) is 17.0 Å². The van der Waals surface area contributed by atoms with Gasteiger partial charge < -0.3 is 20.3 Å². The van der Waals surface area contributed by atoms with E-state index in [2.05, 4.69) is 29.6 Å². The molecule has 9 heteroatoms. The highest BCUT2D eigenvalue weighted by atomic mass is 16.5. The van der Waals surface area contributed by atoms with Crippen molar-refractivity contribution in [2.75, 3.05) is 13.6 Å². The SMILES string of the molecule is CC(C)CCNC(=O)C1(C)Cn2nc(C(=O)NCc3ccc(OC(C)C)cc3)cc2C(=O)N1C. The summed E-state index contributed by atoms with van der Waals surface area (Å²) in [6.07, 6.45) is 0.942. The molecule has 1 aliphatic heterocycles. The zero-order valence-electron chi connectivity index (χ0n) is 20.8. The van der Waals surface area contributed by atoms with E-state index in [0.717, 1.165) is 17.7 Å². The second-order valence-electron chi connectivity index (χ2n) is 9.64. The minimum Gasteiger partial charge on any atom is -0.491 e.